The quantitative estimate of drug-likeness (QED) is 0.335. The molecule has 0 saturated heterocycles. The van der Waals surface area contributed by atoms with Crippen LogP contribution in [0.2, 0.25) is 0 Å². The molecular weight excluding hydrogens is 351 g/mol. The largest absolute Gasteiger partial charge is 0.472 e. The predicted molar refractivity (Wildman–Crippen MR) is 104 cm³/mol. The minimum Gasteiger partial charge on any atom is -0.472 e. The Kier molecular flexibility index (Phi) is 9.74. The molecule has 0 saturated carbocycles. The molecule has 26 heavy (non-hydrogen) atoms. The lowest BCUT2D eigenvalue weighted by molar-refractivity contribution is 0.0491. The first-order chi connectivity index (χ1) is 12.4. The third-order valence-electron chi connectivity index (χ3n) is 3.26. The highest BCUT2D eigenvalue weighted by molar-refractivity contribution is 7.54. The fourth-order valence-electron chi connectivity index (χ4n) is 1.76. The lowest BCUT2D eigenvalue weighted by Gasteiger charge is -2.18. The van der Waals surface area contributed by atoms with Crippen molar-refractivity contribution in [2.24, 2.45) is 0 Å². The molecule has 0 aliphatic heterocycles. The smallest absolute Gasteiger partial charge is 0.407 e. The zero-order valence-electron chi connectivity index (χ0n) is 15.8. The summed E-state index contributed by atoms with van der Waals surface area (Å²) in [6.07, 6.45) is -0.151. The van der Waals surface area contributed by atoms with Gasteiger partial charge in [-0.3, -0.25) is 4.52 Å². The van der Waals surface area contributed by atoms with E-state index in [1.807, 2.05) is 6.07 Å². The van der Waals surface area contributed by atoms with Gasteiger partial charge in [0.05, 0.1) is 5.76 Å². The van der Waals surface area contributed by atoms with Crippen LogP contribution < -0.4 is 4.52 Å². The lowest BCUT2D eigenvalue weighted by atomic mass is 10.1. The topological polar surface area (TPSA) is 54.0 Å². The van der Waals surface area contributed by atoms with E-state index >= 15 is 0 Å². The number of ether oxygens (including phenoxy) is 2. The SMILES string of the molecule is C=C(C)OCOP(=O)(COC)Oc1ccccc1.Cc1ccccc1C. The maximum Gasteiger partial charge on any atom is 0.407 e. The molecule has 0 amide bonds. The Morgan fingerprint density at radius 2 is 1.54 bits per heavy atom. The van der Waals surface area contributed by atoms with Crippen LogP contribution in [0.4, 0.5) is 0 Å². The van der Waals surface area contributed by atoms with Crippen LogP contribution in [0.3, 0.4) is 0 Å². The van der Waals surface area contributed by atoms with Crippen molar-refractivity contribution in [2.75, 3.05) is 20.3 Å². The molecule has 0 bridgehead atoms. The van der Waals surface area contributed by atoms with Crippen molar-refractivity contribution in [2.45, 2.75) is 20.8 Å². The second-order valence-electron chi connectivity index (χ2n) is 5.61. The Bertz CT molecular complexity index is 694. The third-order valence-corrected chi connectivity index (χ3v) is 4.82. The fourth-order valence-corrected chi connectivity index (χ4v) is 2.91. The van der Waals surface area contributed by atoms with Gasteiger partial charge < -0.3 is 14.0 Å². The Morgan fingerprint density at radius 3 is 2.00 bits per heavy atom. The molecule has 0 radical (unpaired) electrons. The van der Waals surface area contributed by atoms with Gasteiger partial charge in [0.25, 0.3) is 0 Å². The molecule has 6 heteroatoms. The first-order valence-corrected chi connectivity index (χ1v) is 9.87. The summed E-state index contributed by atoms with van der Waals surface area (Å²) in [4.78, 5) is 0. The van der Waals surface area contributed by atoms with Gasteiger partial charge in [0, 0.05) is 7.11 Å². The highest BCUT2D eigenvalue weighted by Gasteiger charge is 2.26. The second-order valence-corrected chi connectivity index (χ2v) is 7.53. The molecule has 0 heterocycles. The molecule has 2 aromatic carbocycles. The maximum atomic E-state index is 12.3. The highest BCUT2D eigenvalue weighted by Crippen LogP contribution is 2.48. The molecule has 0 N–H and O–H groups in total. The molecule has 0 aliphatic carbocycles. The van der Waals surface area contributed by atoms with Crippen molar-refractivity contribution in [3.05, 3.63) is 78.1 Å². The molecular formula is C20H27O5P. The van der Waals surface area contributed by atoms with Crippen molar-refractivity contribution in [1.29, 1.82) is 0 Å². The van der Waals surface area contributed by atoms with Crippen molar-refractivity contribution in [3.8, 4) is 5.75 Å². The minimum absolute atomic E-state index is 0.151. The van der Waals surface area contributed by atoms with Crippen LogP contribution in [0, 0.1) is 13.8 Å². The zero-order valence-corrected chi connectivity index (χ0v) is 16.7. The number of allylic oxidation sites excluding steroid dienone is 1. The maximum absolute atomic E-state index is 12.3. The van der Waals surface area contributed by atoms with Gasteiger partial charge in [-0.15, -0.1) is 0 Å². The van der Waals surface area contributed by atoms with Gasteiger partial charge in [-0.1, -0.05) is 49.0 Å². The number of hydrogen-bond donors (Lipinski definition) is 0. The fraction of sp³-hybridized carbons (Fsp3) is 0.300. The third kappa shape index (κ3) is 8.86. The molecule has 5 nitrogen and oxygen atoms in total. The number of benzene rings is 2. The van der Waals surface area contributed by atoms with E-state index in [-0.39, 0.29) is 13.1 Å². The van der Waals surface area contributed by atoms with Crippen LogP contribution in [-0.2, 0) is 18.6 Å². The van der Waals surface area contributed by atoms with Crippen LogP contribution in [0.25, 0.3) is 0 Å². The van der Waals surface area contributed by atoms with E-state index in [9.17, 15) is 4.57 Å². The minimum atomic E-state index is -3.39. The number of aryl methyl sites for hydroxylation is 2. The molecule has 142 valence electrons. The van der Waals surface area contributed by atoms with E-state index < -0.39 is 7.60 Å². The Balaban J connectivity index is 0.000000350. The Labute approximate surface area is 156 Å². The summed E-state index contributed by atoms with van der Waals surface area (Å²) in [5.41, 5.74) is 2.74. The number of rotatable bonds is 8. The van der Waals surface area contributed by atoms with Gasteiger partial charge in [-0.2, -0.15) is 0 Å². The lowest BCUT2D eigenvalue weighted by Crippen LogP contribution is -2.06. The van der Waals surface area contributed by atoms with E-state index in [0.717, 1.165) is 0 Å². The van der Waals surface area contributed by atoms with Crippen molar-refractivity contribution >= 4 is 7.60 Å². The van der Waals surface area contributed by atoms with Crippen LogP contribution >= 0.6 is 7.60 Å². The number of para-hydroxylation sites is 1. The molecule has 0 aliphatic rings. The first kappa shape index (κ1) is 22.0. The van der Waals surface area contributed by atoms with Crippen LogP contribution in [-0.4, -0.2) is 20.3 Å². The molecule has 1 unspecified atom stereocenters. The number of hydrogen-bond acceptors (Lipinski definition) is 5. The van der Waals surface area contributed by atoms with Gasteiger partial charge in [0.15, 0.2) is 13.1 Å². The Hall–Kier alpha value is -2.07. The van der Waals surface area contributed by atoms with Crippen molar-refractivity contribution in [1.82, 2.24) is 0 Å². The summed E-state index contributed by atoms with van der Waals surface area (Å²) >= 11 is 0. The van der Waals surface area contributed by atoms with Gasteiger partial charge in [-0.05, 0) is 44.0 Å². The number of methoxy groups -OCH3 is 1. The summed E-state index contributed by atoms with van der Waals surface area (Å²) in [5.74, 6) is 0.923. The monoisotopic (exact) mass is 378 g/mol. The first-order valence-electron chi connectivity index (χ1n) is 8.14. The normalized spacial score (nSPS) is 12.3. The van der Waals surface area contributed by atoms with E-state index in [1.165, 1.54) is 18.2 Å². The van der Waals surface area contributed by atoms with Crippen LogP contribution in [0.5, 0.6) is 5.75 Å². The van der Waals surface area contributed by atoms with Gasteiger partial charge in [0.1, 0.15) is 5.75 Å². The van der Waals surface area contributed by atoms with E-state index in [4.69, 9.17) is 18.5 Å². The average molecular weight is 378 g/mol. The molecule has 2 aromatic rings. The van der Waals surface area contributed by atoms with Crippen molar-refractivity contribution < 1.29 is 23.1 Å². The molecule has 2 rings (SSSR count). The Morgan fingerprint density at radius 1 is 1.00 bits per heavy atom. The summed E-state index contributed by atoms with van der Waals surface area (Å²) in [6, 6.07) is 17.1. The van der Waals surface area contributed by atoms with Crippen LogP contribution in [0.15, 0.2) is 66.9 Å². The van der Waals surface area contributed by atoms with E-state index in [1.54, 1.807) is 31.2 Å². The molecule has 0 aromatic heterocycles. The van der Waals surface area contributed by atoms with E-state index in [2.05, 4.69) is 44.7 Å². The zero-order chi connectivity index (χ0) is 19.4. The molecule has 0 spiro atoms. The van der Waals surface area contributed by atoms with Crippen molar-refractivity contribution in [3.63, 3.8) is 0 Å². The van der Waals surface area contributed by atoms with Gasteiger partial charge in [0.2, 0.25) is 0 Å². The van der Waals surface area contributed by atoms with E-state index in [0.29, 0.717) is 11.5 Å². The second kappa shape index (κ2) is 11.5. The van der Waals surface area contributed by atoms with Crippen LogP contribution in [0.1, 0.15) is 18.1 Å². The average Bonchev–Trinajstić information content (AvgIpc) is 2.59. The predicted octanol–water partition coefficient (Wildman–Crippen LogP) is 5.69. The summed E-state index contributed by atoms with van der Waals surface area (Å²) < 4.78 is 32.6. The molecule has 1 atom stereocenters. The summed E-state index contributed by atoms with van der Waals surface area (Å²) in [7, 11) is -1.97. The standard InChI is InChI=1S/C12H17O5P.C8H10/c1-11(2)15-9-16-18(13,10-14-3)17-12-7-5-4-6-8-12;1-7-5-3-4-6-8(7)2/h4-8H,1,9-10H2,2-3H3;3-6H,1-2H3. The summed E-state index contributed by atoms with van der Waals surface area (Å²) in [5, 5.41) is 0. The molecule has 0 fully saturated rings. The van der Waals surface area contributed by atoms with Gasteiger partial charge >= 0.3 is 7.60 Å². The summed E-state index contributed by atoms with van der Waals surface area (Å²) in [6.45, 7) is 9.26. The highest BCUT2D eigenvalue weighted by atomic mass is 31.2. The van der Waals surface area contributed by atoms with Gasteiger partial charge in [-0.25, -0.2) is 4.57 Å².